The van der Waals surface area contributed by atoms with E-state index in [1.54, 1.807) is 0 Å². The Balaban J connectivity index is 1.93. The average Bonchev–Trinajstić information content (AvgIpc) is 2.61. The Labute approximate surface area is 113 Å². The van der Waals surface area contributed by atoms with Gasteiger partial charge >= 0.3 is 5.69 Å². The maximum Gasteiger partial charge on any atom is 0.323 e. The molecule has 5 heteroatoms. The molecule has 1 heterocycles. The molecule has 1 saturated carbocycles. The zero-order valence-corrected chi connectivity index (χ0v) is 11.6. The fourth-order valence-electron chi connectivity index (χ4n) is 2.57. The molecule has 0 amide bonds. The number of aromatic nitrogens is 2. The molecule has 4 nitrogen and oxygen atoms in total. The highest BCUT2D eigenvalue weighted by molar-refractivity contribution is 9.10. The van der Waals surface area contributed by atoms with Gasteiger partial charge in [0.25, 0.3) is 0 Å². The van der Waals surface area contributed by atoms with Crippen LogP contribution < -0.4 is 11.4 Å². The van der Waals surface area contributed by atoms with E-state index >= 15 is 0 Å². The number of hydrogen-bond donors (Lipinski definition) is 3. The summed E-state index contributed by atoms with van der Waals surface area (Å²) >= 11 is 3.54. The number of nitrogens with one attached hydrogen (secondary N) is 2. The summed E-state index contributed by atoms with van der Waals surface area (Å²) < 4.78 is 0.970. The van der Waals surface area contributed by atoms with Gasteiger partial charge in [-0.15, -0.1) is 0 Å². The van der Waals surface area contributed by atoms with Crippen LogP contribution >= 0.6 is 15.9 Å². The minimum absolute atomic E-state index is 0.0347. The van der Waals surface area contributed by atoms with Crippen molar-refractivity contribution in [3.63, 3.8) is 0 Å². The van der Waals surface area contributed by atoms with Crippen LogP contribution in [-0.2, 0) is 0 Å². The molecule has 3 rings (SSSR count). The van der Waals surface area contributed by atoms with Gasteiger partial charge in [0.1, 0.15) is 0 Å². The fraction of sp³-hybridized carbons (Fsp3) is 0.462. The van der Waals surface area contributed by atoms with Crippen LogP contribution in [-0.4, -0.2) is 9.97 Å². The van der Waals surface area contributed by atoms with Crippen LogP contribution in [0.5, 0.6) is 0 Å². The summed E-state index contributed by atoms with van der Waals surface area (Å²) in [4.78, 5) is 16.8. The molecule has 1 unspecified atom stereocenters. The molecular weight excluding hydrogens is 294 g/mol. The standard InChI is InChI=1S/C13H16BrN3O/c14-9-6-12-11(16-13(18)17-12)5-8(9)10(15)4-7-2-1-3-7/h5-7,10H,1-4,15H2,(H2,16,17,18). The van der Waals surface area contributed by atoms with Crippen molar-refractivity contribution in [2.75, 3.05) is 0 Å². The molecule has 1 aliphatic carbocycles. The third kappa shape index (κ3) is 2.12. The fourth-order valence-corrected chi connectivity index (χ4v) is 3.21. The monoisotopic (exact) mass is 309 g/mol. The zero-order chi connectivity index (χ0) is 12.7. The molecule has 1 aromatic heterocycles. The molecule has 0 bridgehead atoms. The second-order valence-corrected chi connectivity index (χ2v) is 5.99. The number of halogens is 1. The minimum Gasteiger partial charge on any atom is -0.324 e. The van der Waals surface area contributed by atoms with E-state index in [1.165, 1.54) is 19.3 Å². The Kier molecular flexibility index (Phi) is 3.03. The van der Waals surface area contributed by atoms with Gasteiger partial charge in [-0.3, -0.25) is 0 Å². The van der Waals surface area contributed by atoms with Crippen molar-refractivity contribution in [1.29, 1.82) is 0 Å². The lowest BCUT2D eigenvalue weighted by atomic mass is 9.80. The van der Waals surface area contributed by atoms with E-state index in [9.17, 15) is 4.79 Å². The highest BCUT2D eigenvalue weighted by Gasteiger charge is 2.22. The summed E-state index contributed by atoms with van der Waals surface area (Å²) in [5.74, 6) is 0.771. The third-order valence-corrected chi connectivity index (χ3v) is 4.53. The first-order valence-electron chi connectivity index (χ1n) is 6.30. The third-order valence-electron chi connectivity index (χ3n) is 3.84. The Bertz CT molecular complexity index is 627. The number of fused-ring (bicyclic) bond motifs is 1. The number of hydrogen-bond acceptors (Lipinski definition) is 2. The van der Waals surface area contributed by atoms with Gasteiger partial charge in [-0.05, 0) is 30.0 Å². The maximum atomic E-state index is 11.3. The summed E-state index contributed by atoms with van der Waals surface area (Å²) in [6.07, 6.45) is 4.96. The molecule has 96 valence electrons. The summed E-state index contributed by atoms with van der Waals surface area (Å²) in [5, 5.41) is 0. The Morgan fingerprint density at radius 1 is 1.33 bits per heavy atom. The van der Waals surface area contributed by atoms with Crippen LogP contribution in [0.4, 0.5) is 0 Å². The largest absolute Gasteiger partial charge is 0.324 e. The van der Waals surface area contributed by atoms with Gasteiger partial charge in [0.05, 0.1) is 11.0 Å². The first-order chi connectivity index (χ1) is 8.63. The SMILES string of the molecule is NC(CC1CCC1)c1cc2[nH]c(=O)[nH]c2cc1Br. The molecule has 1 aliphatic rings. The molecule has 1 fully saturated rings. The smallest absolute Gasteiger partial charge is 0.323 e. The number of imidazole rings is 1. The van der Waals surface area contributed by atoms with Gasteiger partial charge in [0.15, 0.2) is 0 Å². The molecule has 0 saturated heterocycles. The summed E-state index contributed by atoms with van der Waals surface area (Å²) in [5.41, 5.74) is 8.80. The molecule has 1 aromatic carbocycles. The molecule has 0 aliphatic heterocycles. The van der Waals surface area contributed by atoms with Gasteiger partial charge < -0.3 is 15.7 Å². The highest BCUT2D eigenvalue weighted by Crippen LogP contribution is 2.36. The highest BCUT2D eigenvalue weighted by atomic mass is 79.9. The first kappa shape index (κ1) is 12.0. The van der Waals surface area contributed by atoms with Crippen molar-refractivity contribution < 1.29 is 0 Å². The normalized spacial score (nSPS) is 17.9. The van der Waals surface area contributed by atoms with Crippen LogP contribution in [0.25, 0.3) is 11.0 Å². The lowest BCUT2D eigenvalue weighted by Crippen LogP contribution is -2.20. The Morgan fingerprint density at radius 2 is 2.00 bits per heavy atom. The molecule has 4 N–H and O–H groups in total. The van der Waals surface area contributed by atoms with Crippen LogP contribution in [0, 0.1) is 5.92 Å². The number of benzene rings is 1. The molecule has 0 radical (unpaired) electrons. The van der Waals surface area contributed by atoms with Crippen LogP contribution in [0.15, 0.2) is 21.4 Å². The van der Waals surface area contributed by atoms with E-state index < -0.39 is 0 Å². The zero-order valence-electron chi connectivity index (χ0n) is 10.0. The van der Waals surface area contributed by atoms with Crippen molar-refractivity contribution >= 4 is 27.0 Å². The molecule has 18 heavy (non-hydrogen) atoms. The Hall–Kier alpha value is -1.07. The summed E-state index contributed by atoms with van der Waals surface area (Å²) in [6, 6.07) is 3.93. The van der Waals surface area contributed by atoms with E-state index in [0.29, 0.717) is 0 Å². The second-order valence-electron chi connectivity index (χ2n) is 5.14. The number of H-pyrrole nitrogens is 2. The average molecular weight is 310 g/mol. The first-order valence-corrected chi connectivity index (χ1v) is 7.10. The van der Waals surface area contributed by atoms with Crippen molar-refractivity contribution in [2.45, 2.75) is 31.7 Å². The van der Waals surface area contributed by atoms with Gasteiger partial charge in [0.2, 0.25) is 0 Å². The molecular formula is C13H16BrN3O. The molecule has 0 spiro atoms. The quantitative estimate of drug-likeness (QED) is 0.815. The van der Waals surface area contributed by atoms with Crippen LogP contribution in [0.1, 0.15) is 37.3 Å². The predicted octanol–water partition coefficient (Wildman–Crippen LogP) is 2.81. The number of aromatic amines is 2. The topological polar surface area (TPSA) is 74.7 Å². The second kappa shape index (κ2) is 4.55. The summed E-state index contributed by atoms with van der Waals surface area (Å²) in [6.45, 7) is 0. The van der Waals surface area contributed by atoms with E-state index in [0.717, 1.165) is 33.4 Å². The lowest BCUT2D eigenvalue weighted by molar-refractivity contribution is 0.277. The Morgan fingerprint density at radius 3 is 2.61 bits per heavy atom. The summed E-state index contributed by atoms with van der Waals surface area (Å²) in [7, 11) is 0. The van der Waals surface area contributed by atoms with Crippen molar-refractivity contribution in [2.24, 2.45) is 11.7 Å². The van der Waals surface area contributed by atoms with Crippen molar-refractivity contribution in [3.05, 3.63) is 32.7 Å². The van der Waals surface area contributed by atoms with E-state index in [2.05, 4.69) is 25.9 Å². The predicted molar refractivity (Wildman–Crippen MR) is 75.5 cm³/mol. The van der Waals surface area contributed by atoms with E-state index in [-0.39, 0.29) is 11.7 Å². The minimum atomic E-state index is -0.179. The number of nitrogens with two attached hydrogens (primary N) is 1. The van der Waals surface area contributed by atoms with E-state index in [1.807, 2.05) is 12.1 Å². The number of rotatable bonds is 3. The van der Waals surface area contributed by atoms with Crippen LogP contribution in [0.2, 0.25) is 0 Å². The van der Waals surface area contributed by atoms with Crippen molar-refractivity contribution in [1.82, 2.24) is 9.97 Å². The maximum absolute atomic E-state index is 11.3. The van der Waals surface area contributed by atoms with E-state index in [4.69, 9.17) is 5.73 Å². The van der Waals surface area contributed by atoms with Gasteiger partial charge in [0, 0.05) is 10.5 Å². The van der Waals surface area contributed by atoms with Gasteiger partial charge in [-0.25, -0.2) is 4.79 Å². The van der Waals surface area contributed by atoms with Gasteiger partial charge in [-0.2, -0.15) is 0 Å². The lowest BCUT2D eigenvalue weighted by Gasteiger charge is -2.28. The molecule has 1 atom stereocenters. The molecule has 2 aromatic rings. The van der Waals surface area contributed by atoms with Crippen molar-refractivity contribution in [3.8, 4) is 0 Å². The van der Waals surface area contributed by atoms with Gasteiger partial charge in [-0.1, -0.05) is 35.2 Å². The van der Waals surface area contributed by atoms with Crippen LogP contribution in [0.3, 0.4) is 0 Å².